The lowest BCUT2D eigenvalue weighted by Gasteiger charge is -2.22. The molecular formula is C20H20BrNO5. The zero-order valence-corrected chi connectivity index (χ0v) is 16.9. The van der Waals surface area contributed by atoms with Crippen molar-refractivity contribution in [3.63, 3.8) is 0 Å². The van der Waals surface area contributed by atoms with Gasteiger partial charge < -0.3 is 19.5 Å². The monoisotopic (exact) mass is 433 g/mol. The molecule has 1 atom stereocenters. The van der Waals surface area contributed by atoms with Gasteiger partial charge in [0, 0.05) is 22.1 Å². The normalized spacial score (nSPS) is 18.4. The van der Waals surface area contributed by atoms with Crippen LogP contribution in [-0.4, -0.2) is 37.6 Å². The molecular weight excluding hydrogens is 414 g/mol. The fourth-order valence-electron chi connectivity index (χ4n) is 3.35. The summed E-state index contributed by atoms with van der Waals surface area (Å²) in [5, 5.41) is 11.2. The Balaban J connectivity index is 1.98. The van der Waals surface area contributed by atoms with E-state index in [1.165, 1.54) is 19.1 Å². The van der Waals surface area contributed by atoms with Gasteiger partial charge in [-0.2, -0.15) is 0 Å². The second-order valence-electron chi connectivity index (χ2n) is 6.24. The van der Waals surface area contributed by atoms with Crippen LogP contribution in [0.1, 0.15) is 29.3 Å². The molecule has 1 aliphatic heterocycles. The van der Waals surface area contributed by atoms with Gasteiger partial charge in [0.2, 0.25) is 0 Å². The minimum absolute atomic E-state index is 0.334. The first kappa shape index (κ1) is 19.4. The molecule has 0 aromatic heterocycles. The van der Waals surface area contributed by atoms with Crippen molar-refractivity contribution in [1.29, 1.82) is 0 Å². The van der Waals surface area contributed by atoms with Crippen molar-refractivity contribution < 1.29 is 24.2 Å². The van der Waals surface area contributed by atoms with Crippen molar-refractivity contribution >= 4 is 33.3 Å². The van der Waals surface area contributed by atoms with Gasteiger partial charge in [0.25, 0.3) is 5.91 Å². The van der Waals surface area contributed by atoms with Crippen molar-refractivity contribution in [3.8, 4) is 11.5 Å². The van der Waals surface area contributed by atoms with Gasteiger partial charge in [-0.1, -0.05) is 15.9 Å². The number of hydrogen-bond donors (Lipinski definition) is 1. The number of methoxy groups -OCH3 is 2. The number of rotatable bonds is 6. The molecule has 7 heteroatoms. The van der Waals surface area contributed by atoms with Crippen molar-refractivity contribution in [2.24, 2.45) is 0 Å². The number of Topliss-reactive ketones (excluding diaryl/α,β-unsaturated/α-hetero) is 1. The van der Waals surface area contributed by atoms with Crippen LogP contribution in [0.3, 0.4) is 0 Å². The number of amides is 1. The van der Waals surface area contributed by atoms with Gasteiger partial charge in [-0.05, 0) is 43.3 Å². The average Bonchev–Trinajstić information content (AvgIpc) is 2.87. The third-order valence-corrected chi connectivity index (χ3v) is 5.23. The van der Waals surface area contributed by atoms with Gasteiger partial charge in [-0.25, -0.2) is 0 Å². The summed E-state index contributed by atoms with van der Waals surface area (Å²) in [6.07, 6.45) is -0.360. The van der Waals surface area contributed by atoms with Crippen LogP contribution in [0.4, 0.5) is 5.69 Å². The van der Waals surface area contributed by atoms with Crippen LogP contribution in [-0.2, 0) is 10.4 Å². The van der Waals surface area contributed by atoms with E-state index in [1.807, 2.05) is 6.92 Å². The zero-order valence-electron chi connectivity index (χ0n) is 15.3. The molecule has 2 aromatic rings. The van der Waals surface area contributed by atoms with Crippen LogP contribution in [0.2, 0.25) is 0 Å². The minimum Gasteiger partial charge on any atom is -0.493 e. The zero-order chi connectivity index (χ0) is 19.8. The van der Waals surface area contributed by atoms with Crippen molar-refractivity contribution in [2.75, 3.05) is 25.7 Å². The number of anilines is 1. The number of nitrogens with zero attached hydrogens (tertiary/aromatic N) is 1. The second kappa shape index (κ2) is 7.32. The Morgan fingerprint density at radius 2 is 1.85 bits per heavy atom. The predicted octanol–water partition coefficient (Wildman–Crippen LogP) is 3.29. The summed E-state index contributed by atoms with van der Waals surface area (Å²) in [6, 6.07) is 10.0. The van der Waals surface area contributed by atoms with Crippen LogP contribution in [0, 0.1) is 0 Å². The molecule has 1 aliphatic rings. The first-order valence-electron chi connectivity index (χ1n) is 8.45. The lowest BCUT2D eigenvalue weighted by Crippen LogP contribution is -2.41. The largest absolute Gasteiger partial charge is 0.493 e. The van der Waals surface area contributed by atoms with Crippen LogP contribution in [0.15, 0.2) is 40.9 Å². The summed E-state index contributed by atoms with van der Waals surface area (Å²) in [5.74, 6) is 0.0464. The van der Waals surface area contributed by atoms with Gasteiger partial charge in [0.05, 0.1) is 26.3 Å². The van der Waals surface area contributed by atoms with E-state index < -0.39 is 11.5 Å². The Morgan fingerprint density at radius 1 is 1.15 bits per heavy atom. The van der Waals surface area contributed by atoms with Crippen LogP contribution >= 0.6 is 15.9 Å². The molecule has 0 fully saturated rings. The molecule has 0 bridgehead atoms. The summed E-state index contributed by atoms with van der Waals surface area (Å²) >= 11 is 3.37. The number of halogens is 1. The van der Waals surface area contributed by atoms with Crippen LogP contribution < -0.4 is 14.4 Å². The first-order chi connectivity index (χ1) is 12.8. The Labute approximate surface area is 165 Å². The molecule has 1 N–H and O–H groups in total. The quantitative estimate of drug-likeness (QED) is 0.707. The summed E-state index contributed by atoms with van der Waals surface area (Å²) in [5.41, 5.74) is -0.523. The smallest absolute Gasteiger partial charge is 0.264 e. The highest BCUT2D eigenvalue weighted by molar-refractivity contribution is 9.10. The Kier molecular flexibility index (Phi) is 5.26. The molecule has 0 saturated heterocycles. The SMILES string of the molecule is CCN1C(=O)[C@@](O)(CC(=O)c2ccc(OC)c(OC)c2)c2cc(Br)ccc21. The molecule has 6 nitrogen and oxygen atoms in total. The Bertz CT molecular complexity index is 913. The molecule has 27 heavy (non-hydrogen) atoms. The molecule has 0 radical (unpaired) electrons. The van der Waals surface area contributed by atoms with E-state index in [1.54, 1.807) is 36.4 Å². The molecule has 3 rings (SSSR count). The molecule has 0 saturated carbocycles. The number of ether oxygens (including phenoxy) is 2. The standard InChI is InChI=1S/C20H20BrNO5/c1-4-22-15-7-6-13(21)10-14(15)20(25,19(22)24)11-16(23)12-5-8-17(26-2)18(9-12)27-3/h5-10,25H,4,11H2,1-3H3/t20-/m1/s1. The fraction of sp³-hybridized carbons (Fsp3) is 0.300. The van der Waals surface area contributed by atoms with E-state index in [9.17, 15) is 14.7 Å². The third kappa shape index (κ3) is 3.21. The Hall–Kier alpha value is -2.38. The molecule has 142 valence electrons. The summed E-state index contributed by atoms with van der Waals surface area (Å²) < 4.78 is 11.1. The molecule has 1 heterocycles. The van der Waals surface area contributed by atoms with E-state index in [2.05, 4.69) is 15.9 Å². The molecule has 2 aromatic carbocycles. The highest BCUT2D eigenvalue weighted by Gasteiger charge is 2.50. The topological polar surface area (TPSA) is 76.1 Å². The van der Waals surface area contributed by atoms with Gasteiger partial charge >= 0.3 is 0 Å². The average molecular weight is 434 g/mol. The number of hydrogen-bond acceptors (Lipinski definition) is 5. The van der Waals surface area contributed by atoms with E-state index in [4.69, 9.17) is 9.47 Å². The maximum atomic E-state index is 12.9. The predicted molar refractivity (Wildman–Crippen MR) is 105 cm³/mol. The lowest BCUT2D eigenvalue weighted by molar-refractivity contribution is -0.135. The molecule has 0 aliphatic carbocycles. The van der Waals surface area contributed by atoms with Gasteiger partial charge in [-0.3, -0.25) is 9.59 Å². The van der Waals surface area contributed by atoms with E-state index in [0.29, 0.717) is 34.9 Å². The molecule has 1 amide bonds. The van der Waals surface area contributed by atoms with Crippen molar-refractivity contribution in [2.45, 2.75) is 18.9 Å². The van der Waals surface area contributed by atoms with Crippen LogP contribution in [0.5, 0.6) is 11.5 Å². The third-order valence-electron chi connectivity index (χ3n) is 4.73. The number of fused-ring (bicyclic) bond motifs is 1. The highest BCUT2D eigenvalue weighted by Crippen LogP contribution is 2.44. The van der Waals surface area contributed by atoms with E-state index >= 15 is 0 Å². The molecule has 0 spiro atoms. The van der Waals surface area contributed by atoms with Crippen molar-refractivity contribution in [3.05, 3.63) is 52.0 Å². The van der Waals surface area contributed by atoms with Gasteiger partial charge in [0.15, 0.2) is 22.9 Å². The number of carbonyl (C=O) groups is 2. The second-order valence-corrected chi connectivity index (χ2v) is 7.16. The summed E-state index contributed by atoms with van der Waals surface area (Å²) in [6.45, 7) is 2.23. The minimum atomic E-state index is -1.90. The number of aliphatic hydroxyl groups is 1. The Morgan fingerprint density at radius 3 is 2.48 bits per heavy atom. The van der Waals surface area contributed by atoms with Gasteiger partial charge in [-0.15, -0.1) is 0 Å². The first-order valence-corrected chi connectivity index (χ1v) is 9.24. The van der Waals surface area contributed by atoms with E-state index in [0.717, 1.165) is 4.47 Å². The lowest BCUT2D eigenvalue weighted by atomic mass is 9.88. The van der Waals surface area contributed by atoms with Crippen LogP contribution in [0.25, 0.3) is 0 Å². The number of carbonyl (C=O) groups excluding carboxylic acids is 2. The summed E-state index contributed by atoms with van der Waals surface area (Å²) in [7, 11) is 2.99. The van der Waals surface area contributed by atoms with Gasteiger partial charge in [0.1, 0.15) is 0 Å². The van der Waals surface area contributed by atoms with Crippen molar-refractivity contribution in [1.82, 2.24) is 0 Å². The maximum absolute atomic E-state index is 12.9. The maximum Gasteiger partial charge on any atom is 0.264 e. The molecule has 0 unspecified atom stereocenters. The number of benzene rings is 2. The fourth-order valence-corrected chi connectivity index (χ4v) is 3.71. The number of likely N-dealkylation sites (N-methyl/N-ethyl adjacent to an activating group) is 1. The highest BCUT2D eigenvalue weighted by atomic mass is 79.9. The summed E-state index contributed by atoms with van der Waals surface area (Å²) in [4.78, 5) is 27.2. The van der Waals surface area contributed by atoms with E-state index in [-0.39, 0.29) is 12.2 Å². The number of ketones is 1.